The lowest BCUT2D eigenvalue weighted by molar-refractivity contribution is -0.120. The molecular formula is C12H24N2O2S. The van der Waals surface area contributed by atoms with Gasteiger partial charge in [0.25, 0.3) is 0 Å². The summed E-state index contributed by atoms with van der Waals surface area (Å²) in [7, 11) is 0. The monoisotopic (exact) mass is 260 g/mol. The van der Waals surface area contributed by atoms with E-state index in [0.717, 1.165) is 0 Å². The zero-order chi connectivity index (χ0) is 13.6. The molecule has 0 saturated heterocycles. The van der Waals surface area contributed by atoms with Crippen molar-refractivity contribution in [2.75, 3.05) is 0 Å². The topological polar surface area (TPSA) is 86.2 Å². The Hall–Kier alpha value is -0.710. The van der Waals surface area contributed by atoms with Crippen molar-refractivity contribution in [1.82, 2.24) is 0 Å². The third-order valence-corrected chi connectivity index (χ3v) is 4.77. The number of rotatable bonds is 8. The molecule has 0 rings (SSSR count). The Morgan fingerprint density at radius 3 is 2.00 bits per heavy atom. The summed E-state index contributed by atoms with van der Waals surface area (Å²) < 4.78 is -0.677. The molecular weight excluding hydrogens is 236 g/mol. The molecule has 4 nitrogen and oxygen atoms in total. The summed E-state index contributed by atoms with van der Waals surface area (Å²) in [6.45, 7) is 7.89. The second kappa shape index (κ2) is 6.89. The van der Waals surface area contributed by atoms with Gasteiger partial charge in [-0.2, -0.15) is 0 Å². The van der Waals surface area contributed by atoms with Crippen molar-refractivity contribution in [2.45, 2.75) is 57.0 Å². The number of thioether (sulfide) groups is 1. The maximum atomic E-state index is 11.7. The summed E-state index contributed by atoms with van der Waals surface area (Å²) in [6.07, 6.45) is 1.91. The SMILES string of the molecule is CC[C@@H](S[C@](CC)(CC(C)C)C(N)=O)C(N)=O. The van der Waals surface area contributed by atoms with E-state index >= 15 is 0 Å². The number of nitrogens with two attached hydrogens (primary N) is 2. The van der Waals surface area contributed by atoms with Gasteiger partial charge in [-0.3, -0.25) is 9.59 Å². The fraction of sp³-hybridized carbons (Fsp3) is 0.833. The van der Waals surface area contributed by atoms with E-state index in [1.165, 1.54) is 11.8 Å². The van der Waals surface area contributed by atoms with Crippen molar-refractivity contribution in [1.29, 1.82) is 0 Å². The Morgan fingerprint density at radius 1 is 1.24 bits per heavy atom. The molecule has 4 N–H and O–H groups in total. The highest BCUT2D eigenvalue weighted by Gasteiger charge is 2.39. The predicted molar refractivity (Wildman–Crippen MR) is 72.5 cm³/mol. The van der Waals surface area contributed by atoms with Crippen LogP contribution in [0.4, 0.5) is 0 Å². The molecule has 2 atom stereocenters. The lowest BCUT2D eigenvalue weighted by atomic mass is 9.93. The molecule has 0 fully saturated rings. The molecule has 100 valence electrons. The van der Waals surface area contributed by atoms with Gasteiger partial charge in [0.2, 0.25) is 11.8 Å². The van der Waals surface area contributed by atoms with Gasteiger partial charge in [-0.25, -0.2) is 0 Å². The summed E-state index contributed by atoms with van der Waals surface area (Å²) in [5.74, 6) is -0.376. The van der Waals surface area contributed by atoms with E-state index in [4.69, 9.17) is 11.5 Å². The molecule has 0 aliphatic carbocycles. The van der Waals surface area contributed by atoms with Crippen LogP contribution in [0.25, 0.3) is 0 Å². The van der Waals surface area contributed by atoms with Crippen LogP contribution in [0, 0.1) is 5.92 Å². The Kier molecular flexibility index (Phi) is 6.60. The number of hydrogen-bond donors (Lipinski definition) is 2. The number of carbonyl (C=O) groups is 2. The molecule has 0 spiro atoms. The van der Waals surface area contributed by atoms with Crippen LogP contribution in [0.2, 0.25) is 0 Å². The Balaban J connectivity index is 5.03. The normalized spacial score (nSPS) is 16.5. The standard InChI is InChI=1S/C12H24N2O2S/c1-5-9(10(13)15)17-12(6-2,11(14)16)7-8(3)4/h8-9H,5-7H2,1-4H3,(H2,13,15)(H2,14,16)/t9-,12-/m1/s1. The fourth-order valence-electron chi connectivity index (χ4n) is 1.88. The average molecular weight is 260 g/mol. The van der Waals surface area contributed by atoms with Gasteiger partial charge in [0.1, 0.15) is 0 Å². The van der Waals surface area contributed by atoms with Crippen molar-refractivity contribution < 1.29 is 9.59 Å². The first kappa shape index (κ1) is 16.3. The van der Waals surface area contributed by atoms with Crippen LogP contribution >= 0.6 is 11.8 Å². The summed E-state index contributed by atoms with van der Waals surface area (Å²) >= 11 is 1.33. The van der Waals surface area contributed by atoms with Crippen LogP contribution < -0.4 is 11.5 Å². The smallest absolute Gasteiger partial charge is 0.233 e. The molecule has 0 heterocycles. The second-order valence-corrected chi connectivity index (χ2v) is 6.31. The third kappa shape index (κ3) is 4.58. The minimum absolute atomic E-state index is 0.346. The van der Waals surface area contributed by atoms with Gasteiger partial charge in [-0.15, -0.1) is 11.8 Å². The van der Waals surface area contributed by atoms with Crippen LogP contribution in [0.1, 0.15) is 47.0 Å². The van der Waals surface area contributed by atoms with E-state index in [2.05, 4.69) is 0 Å². The van der Waals surface area contributed by atoms with Crippen molar-refractivity contribution in [3.63, 3.8) is 0 Å². The highest BCUT2D eigenvalue weighted by Crippen LogP contribution is 2.39. The maximum Gasteiger partial charge on any atom is 0.233 e. The van der Waals surface area contributed by atoms with E-state index in [-0.39, 0.29) is 17.1 Å². The zero-order valence-electron chi connectivity index (χ0n) is 11.2. The van der Waals surface area contributed by atoms with Crippen LogP contribution in [0.15, 0.2) is 0 Å². The fourth-order valence-corrected chi connectivity index (χ4v) is 3.42. The van der Waals surface area contributed by atoms with Gasteiger partial charge < -0.3 is 11.5 Å². The molecule has 0 aromatic carbocycles. The van der Waals surface area contributed by atoms with Gasteiger partial charge in [-0.05, 0) is 25.2 Å². The maximum absolute atomic E-state index is 11.7. The Labute approximate surface area is 108 Å². The molecule has 0 radical (unpaired) electrons. The molecule has 0 unspecified atom stereocenters. The molecule has 0 bridgehead atoms. The third-order valence-electron chi connectivity index (χ3n) is 2.81. The van der Waals surface area contributed by atoms with E-state index < -0.39 is 4.75 Å². The predicted octanol–water partition coefficient (Wildman–Crippen LogP) is 1.66. The lowest BCUT2D eigenvalue weighted by Crippen LogP contribution is -2.44. The van der Waals surface area contributed by atoms with Crippen LogP contribution in [0.3, 0.4) is 0 Å². The summed E-state index contributed by atoms with van der Waals surface area (Å²) in [4.78, 5) is 23.0. The minimum Gasteiger partial charge on any atom is -0.369 e. The van der Waals surface area contributed by atoms with E-state index in [1.807, 2.05) is 27.7 Å². The highest BCUT2D eigenvalue weighted by molar-refractivity contribution is 8.02. The molecule has 17 heavy (non-hydrogen) atoms. The van der Waals surface area contributed by atoms with E-state index in [9.17, 15) is 9.59 Å². The summed E-state index contributed by atoms with van der Waals surface area (Å²) in [6, 6.07) is 0. The molecule has 0 aromatic heterocycles. The zero-order valence-corrected chi connectivity index (χ0v) is 12.0. The van der Waals surface area contributed by atoms with E-state index in [1.54, 1.807) is 0 Å². The van der Waals surface area contributed by atoms with Gasteiger partial charge in [0, 0.05) is 0 Å². The van der Waals surface area contributed by atoms with Gasteiger partial charge in [0.05, 0.1) is 10.00 Å². The van der Waals surface area contributed by atoms with Gasteiger partial charge >= 0.3 is 0 Å². The molecule has 2 amide bonds. The largest absolute Gasteiger partial charge is 0.369 e. The van der Waals surface area contributed by atoms with Crippen LogP contribution in [-0.2, 0) is 9.59 Å². The van der Waals surface area contributed by atoms with Crippen molar-refractivity contribution in [2.24, 2.45) is 17.4 Å². The summed E-state index contributed by atoms with van der Waals surface area (Å²) in [5.41, 5.74) is 10.8. The van der Waals surface area contributed by atoms with Crippen LogP contribution in [-0.4, -0.2) is 21.8 Å². The first-order valence-corrected chi connectivity index (χ1v) is 6.94. The Bertz CT molecular complexity index is 282. The van der Waals surface area contributed by atoms with Gasteiger partial charge in [-0.1, -0.05) is 27.7 Å². The van der Waals surface area contributed by atoms with Crippen molar-refractivity contribution in [3.8, 4) is 0 Å². The van der Waals surface area contributed by atoms with Crippen molar-refractivity contribution >= 4 is 23.6 Å². The molecule has 5 heteroatoms. The Morgan fingerprint density at radius 2 is 1.76 bits per heavy atom. The molecule has 0 aromatic rings. The number of amides is 2. The molecule has 0 saturated carbocycles. The van der Waals surface area contributed by atoms with Gasteiger partial charge in [0.15, 0.2) is 0 Å². The van der Waals surface area contributed by atoms with Crippen molar-refractivity contribution in [3.05, 3.63) is 0 Å². The number of carbonyl (C=O) groups excluding carboxylic acids is 2. The second-order valence-electron chi connectivity index (χ2n) is 4.73. The molecule has 0 aliphatic rings. The minimum atomic E-state index is -0.677. The summed E-state index contributed by atoms with van der Waals surface area (Å²) in [5, 5.41) is -0.346. The van der Waals surface area contributed by atoms with Crippen LogP contribution in [0.5, 0.6) is 0 Å². The lowest BCUT2D eigenvalue weighted by Gasteiger charge is -2.33. The van der Waals surface area contributed by atoms with E-state index in [0.29, 0.717) is 25.2 Å². The quantitative estimate of drug-likeness (QED) is 0.696. The highest BCUT2D eigenvalue weighted by atomic mass is 32.2. The first-order valence-electron chi connectivity index (χ1n) is 6.06. The first-order chi connectivity index (χ1) is 7.79. The number of primary amides is 2. The average Bonchev–Trinajstić information content (AvgIpc) is 2.22. The number of hydrogen-bond acceptors (Lipinski definition) is 3. The molecule has 0 aliphatic heterocycles.